The number of aromatic nitrogens is 2. The highest BCUT2D eigenvalue weighted by atomic mass is 32.2. The van der Waals surface area contributed by atoms with Crippen molar-refractivity contribution >= 4 is 23.1 Å². The molecule has 0 spiro atoms. The van der Waals surface area contributed by atoms with E-state index in [2.05, 4.69) is 47.8 Å². The average Bonchev–Trinajstić information content (AvgIpc) is 2.95. The maximum atomic E-state index is 5.94. The lowest BCUT2D eigenvalue weighted by Crippen LogP contribution is -2.29. The van der Waals surface area contributed by atoms with Crippen molar-refractivity contribution in [1.29, 1.82) is 0 Å². The highest BCUT2D eigenvalue weighted by Crippen LogP contribution is 2.36. The molecule has 2 aromatic rings. The van der Waals surface area contributed by atoms with Gasteiger partial charge in [-0.3, -0.25) is 4.68 Å². The van der Waals surface area contributed by atoms with Crippen molar-refractivity contribution in [2.45, 2.75) is 37.8 Å². The zero-order chi connectivity index (χ0) is 14.8. The SMILES string of the molecule is CCC(C)n1ccc(CN2CCSc3ccc(N)cc32)n1. The molecule has 4 nitrogen and oxygen atoms in total. The number of benzene rings is 1. The predicted octanol–water partition coefficient (Wildman–Crippen LogP) is 3.55. The molecule has 0 aliphatic carbocycles. The van der Waals surface area contributed by atoms with Crippen molar-refractivity contribution in [3.8, 4) is 0 Å². The molecule has 1 aromatic heterocycles. The van der Waals surface area contributed by atoms with Crippen LogP contribution in [0.2, 0.25) is 0 Å². The Morgan fingerprint density at radius 2 is 2.24 bits per heavy atom. The highest BCUT2D eigenvalue weighted by Gasteiger charge is 2.18. The first-order valence-corrected chi connectivity index (χ1v) is 8.47. The van der Waals surface area contributed by atoms with Gasteiger partial charge in [-0.15, -0.1) is 11.8 Å². The van der Waals surface area contributed by atoms with Crippen LogP contribution in [0.5, 0.6) is 0 Å². The topological polar surface area (TPSA) is 47.1 Å². The third kappa shape index (κ3) is 3.02. The molecule has 0 fully saturated rings. The first kappa shape index (κ1) is 14.3. The molecule has 112 valence electrons. The number of fused-ring (bicyclic) bond motifs is 1. The fourth-order valence-corrected chi connectivity index (χ4v) is 3.58. The van der Waals surface area contributed by atoms with Crippen molar-refractivity contribution in [3.05, 3.63) is 36.2 Å². The van der Waals surface area contributed by atoms with Crippen LogP contribution in [0.1, 0.15) is 32.0 Å². The summed E-state index contributed by atoms with van der Waals surface area (Å²) in [5, 5.41) is 4.71. The summed E-state index contributed by atoms with van der Waals surface area (Å²) in [5.74, 6) is 1.11. The number of nitrogens with two attached hydrogens (primary N) is 1. The zero-order valence-electron chi connectivity index (χ0n) is 12.6. The van der Waals surface area contributed by atoms with E-state index in [9.17, 15) is 0 Å². The summed E-state index contributed by atoms with van der Waals surface area (Å²) in [6.45, 7) is 6.27. The molecule has 5 heteroatoms. The van der Waals surface area contributed by atoms with Crippen molar-refractivity contribution in [1.82, 2.24) is 9.78 Å². The summed E-state index contributed by atoms with van der Waals surface area (Å²) in [6, 6.07) is 8.76. The Morgan fingerprint density at radius 1 is 1.38 bits per heavy atom. The summed E-state index contributed by atoms with van der Waals surface area (Å²) in [4.78, 5) is 3.70. The van der Waals surface area contributed by atoms with Crippen LogP contribution >= 0.6 is 11.8 Å². The van der Waals surface area contributed by atoms with Crippen LogP contribution in [0, 0.1) is 0 Å². The maximum absolute atomic E-state index is 5.94. The number of nitrogen functional groups attached to an aromatic ring is 1. The minimum atomic E-state index is 0.457. The minimum Gasteiger partial charge on any atom is -0.399 e. The Hall–Kier alpha value is -1.62. The summed E-state index contributed by atoms with van der Waals surface area (Å²) >= 11 is 1.90. The van der Waals surface area contributed by atoms with Gasteiger partial charge in [-0.2, -0.15) is 5.10 Å². The van der Waals surface area contributed by atoms with Gasteiger partial charge in [-0.05, 0) is 37.6 Å². The lowest BCUT2D eigenvalue weighted by molar-refractivity contribution is 0.473. The normalized spacial score (nSPS) is 15.8. The second-order valence-electron chi connectivity index (χ2n) is 5.54. The molecule has 2 heterocycles. The molecule has 3 rings (SSSR count). The number of hydrogen-bond acceptors (Lipinski definition) is 4. The monoisotopic (exact) mass is 302 g/mol. The van der Waals surface area contributed by atoms with Crippen molar-refractivity contribution in [3.63, 3.8) is 0 Å². The first-order valence-electron chi connectivity index (χ1n) is 7.48. The number of thioether (sulfide) groups is 1. The van der Waals surface area contributed by atoms with Crippen LogP contribution in [0.15, 0.2) is 35.4 Å². The summed E-state index contributed by atoms with van der Waals surface area (Å²) in [6.07, 6.45) is 3.18. The summed E-state index contributed by atoms with van der Waals surface area (Å²) in [7, 11) is 0. The predicted molar refractivity (Wildman–Crippen MR) is 89.9 cm³/mol. The number of anilines is 2. The maximum Gasteiger partial charge on any atom is 0.0817 e. The van der Waals surface area contributed by atoms with E-state index in [0.29, 0.717) is 6.04 Å². The average molecular weight is 302 g/mol. The second kappa shape index (κ2) is 6.02. The van der Waals surface area contributed by atoms with Gasteiger partial charge in [-0.25, -0.2) is 0 Å². The molecule has 0 saturated heterocycles. The molecule has 1 aliphatic heterocycles. The van der Waals surface area contributed by atoms with Crippen LogP contribution < -0.4 is 10.6 Å². The van der Waals surface area contributed by atoms with Crippen LogP contribution in [-0.2, 0) is 6.54 Å². The molecule has 1 atom stereocenters. The van der Waals surface area contributed by atoms with Crippen LogP contribution in [-0.4, -0.2) is 22.1 Å². The van der Waals surface area contributed by atoms with Gasteiger partial charge in [0.15, 0.2) is 0 Å². The van der Waals surface area contributed by atoms with Gasteiger partial charge < -0.3 is 10.6 Å². The van der Waals surface area contributed by atoms with Gasteiger partial charge >= 0.3 is 0 Å². The Morgan fingerprint density at radius 3 is 3.05 bits per heavy atom. The molecule has 0 amide bonds. The zero-order valence-corrected chi connectivity index (χ0v) is 13.4. The van der Waals surface area contributed by atoms with E-state index < -0.39 is 0 Å². The second-order valence-corrected chi connectivity index (χ2v) is 6.68. The molecule has 1 aliphatic rings. The van der Waals surface area contributed by atoms with Gasteiger partial charge in [0.25, 0.3) is 0 Å². The largest absolute Gasteiger partial charge is 0.399 e. The fourth-order valence-electron chi connectivity index (χ4n) is 2.54. The molecular weight excluding hydrogens is 280 g/mol. The molecule has 0 saturated carbocycles. The molecule has 21 heavy (non-hydrogen) atoms. The fraction of sp³-hybridized carbons (Fsp3) is 0.438. The standard InChI is InChI=1S/C16H22N4S/c1-3-12(2)20-7-6-14(18-20)11-19-8-9-21-16-5-4-13(17)10-15(16)19/h4-7,10,12H,3,8-9,11,17H2,1-2H3. The quantitative estimate of drug-likeness (QED) is 0.877. The van der Waals surface area contributed by atoms with E-state index in [-0.39, 0.29) is 0 Å². The molecule has 1 aromatic carbocycles. The van der Waals surface area contributed by atoms with Crippen LogP contribution in [0.4, 0.5) is 11.4 Å². The van der Waals surface area contributed by atoms with E-state index in [1.54, 1.807) is 0 Å². The van der Waals surface area contributed by atoms with Crippen molar-refractivity contribution in [2.75, 3.05) is 22.9 Å². The number of nitrogens with zero attached hydrogens (tertiary/aromatic N) is 3. The van der Waals surface area contributed by atoms with E-state index in [1.165, 1.54) is 10.6 Å². The van der Waals surface area contributed by atoms with Gasteiger partial charge in [0.05, 0.1) is 17.9 Å². The van der Waals surface area contributed by atoms with Gasteiger partial charge in [-0.1, -0.05) is 6.92 Å². The summed E-state index contributed by atoms with van der Waals surface area (Å²) in [5.41, 5.74) is 9.13. The third-order valence-electron chi connectivity index (χ3n) is 4.00. The highest BCUT2D eigenvalue weighted by molar-refractivity contribution is 7.99. The van der Waals surface area contributed by atoms with E-state index >= 15 is 0 Å². The Labute approximate surface area is 130 Å². The molecule has 0 bridgehead atoms. The first-order chi connectivity index (χ1) is 10.2. The van der Waals surface area contributed by atoms with Crippen LogP contribution in [0.3, 0.4) is 0 Å². The van der Waals surface area contributed by atoms with Gasteiger partial charge in [0.1, 0.15) is 0 Å². The summed E-state index contributed by atoms with van der Waals surface area (Å²) < 4.78 is 2.06. The van der Waals surface area contributed by atoms with Crippen molar-refractivity contribution in [2.24, 2.45) is 0 Å². The Bertz CT molecular complexity index is 622. The van der Waals surface area contributed by atoms with Gasteiger partial charge in [0, 0.05) is 35.1 Å². The molecule has 2 N–H and O–H groups in total. The molecular formula is C16H22N4S. The lowest BCUT2D eigenvalue weighted by atomic mass is 10.2. The number of hydrogen-bond donors (Lipinski definition) is 1. The number of rotatable bonds is 4. The van der Waals surface area contributed by atoms with Gasteiger partial charge in [0.2, 0.25) is 0 Å². The third-order valence-corrected chi connectivity index (χ3v) is 5.04. The lowest BCUT2D eigenvalue weighted by Gasteiger charge is -2.30. The van der Waals surface area contributed by atoms with Crippen molar-refractivity contribution < 1.29 is 0 Å². The Kier molecular flexibility index (Phi) is 4.10. The molecule has 0 radical (unpaired) electrons. The minimum absolute atomic E-state index is 0.457. The molecule has 1 unspecified atom stereocenters. The van der Waals surface area contributed by atoms with E-state index in [4.69, 9.17) is 10.8 Å². The van der Waals surface area contributed by atoms with E-state index in [1.807, 2.05) is 17.8 Å². The van der Waals surface area contributed by atoms with E-state index in [0.717, 1.165) is 36.6 Å². The smallest absolute Gasteiger partial charge is 0.0817 e. The van der Waals surface area contributed by atoms with Crippen LogP contribution in [0.25, 0.3) is 0 Å². The Balaban J connectivity index is 1.80.